The number of thiophene rings is 1. The van der Waals surface area contributed by atoms with Crippen LogP contribution in [0.4, 0.5) is 0 Å². The molecule has 0 fully saturated rings. The summed E-state index contributed by atoms with van der Waals surface area (Å²) in [6.45, 7) is 0. The van der Waals surface area contributed by atoms with E-state index in [1.807, 2.05) is 0 Å². The van der Waals surface area contributed by atoms with Gasteiger partial charge in [0.15, 0.2) is 0 Å². The molecule has 0 spiro atoms. The van der Waals surface area contributed by atoms with Crippen molar-refractivity contribution in [2.45, 2.75) is 0 Å². The predicted molar refractivity (Wildman–Crippen MR) is 224 cm³/mol. The van der Waals surface area contributed by atoms with Crippen LogP contribution in [0, 0.1) is 0 Å². The Morgan fingerprint density at radius 1 is 0.415 bits per heavy atom. The Bertz CT molecular complexity index is 3460. The molecule has 0 bridgehead atoms. The second-order valence-electron chi connectivity index (χ2n) is 13.7. The highest BCUT2D eigenvalue weighted by Gasteiger charge is 2.24. The normalized spacial score (nSPS) is 12.2. The fourth-order valence-corrected chi connectivity index (χ4v) is 9.78. The lowest BCUT2D eigenvalue weighted by atomic mass is 10.00. The average Bonchev–Trinajstić information content (AvgIpc) is 3.88. The smallest absolute Gasteiger partial charge is 0.236 e. The van der Waals surface area contributed by atoms with E-state index >= 15 is 0 Å². The van der Waals surface area contributed by atoms with Crippen molar-refractivity contribution in [3.05, 3.63) is 170 Å². The lowest BCUT2D eigenvalue weighted by molar-refractivity contribution is 1.02. The van der Waals surface area contributed by atoms with Crippen molar-refractivity contribution in [1.82, 2.24) is 19.1 Å². The van der Waals surface area contributed by atoms with Crippen molar-refractivity contribution in [2.24, 2.45) is 0 Å². The molecule has 0 amide bonds. The van der Waals surface area contributed by atoms with E-state index in [2.05, 4.69) is 179 Å². The van der Waals surface area contributed by atoms with Crippen molar-refractivity contribution < 1.29 is 0 Å². The fourth-order valence-electron chi connectivity index (χ4n) is 8.71. The van der Waals surface area contributed by atoms with Crippen LogP contribution in [0.25, 0.3) is 108 Å². The molecule has 5 heteroatoms. The Hall–Kier alpha value is -6.82. The number of hydrogen-bond acceptors (Lipinski definition) is 3. The fraction of sp³-hybridized carbons (Fsp3) is 0. The minimum atomic E-state index is 0.673. The summed E-state index contributed by atoms with van der Waals surface area (Å²) in [5.74, 6) is 0.673. The van der Waals surface area contributed by atoms with E-state index in [1.54, 1.807) is 11.3 Å². The van der Waals surface area contributed by atoms with Gasteiger partial charge in [0.05, 0.1) is 33.4 Å². The molecule has 4 aromatic heterocycles. The van der Waals surface area contributed by atoms with Gasteiger partial charge < -0.3 is 4.57 Å². The van der Waals surface area contributed by atoms with E-state index in [1.165, 1.54) is 69.9 Å². The van der Waals surface area contributed by atoms with Gasteiger partial charge in [0.25, 0.3) is 0 Å². The zero-order chi connectivity index (χ0) is 34.6. The van der Waals surface area contributed by atoms with Crippen LogP contribution in [0.1, 0.15) is 0 Å². The largest absolute Gasteiger partial charge is 0.308 e. The van der Waals surface area contributed by atoms with Crippen LogP contribution in [-0.2, 0) is 0 Å². The van der Waals surface area contributed by atoms with Gasteiger partial charge in [0, 0.05) is 48.0 Å². The molecule has 0 aliphatic carbocycles. The molecule has 4 nitrogen and oxygen atoms in total. The summed E-state index contributed by atoms with van der Waals surface area (Å²) >= 11 is 1.73. The van der Waals surface area contributed by atoms with Gasteiger partial charge in [0.1, 0.15) is 4.83 Å². The van der Waals surface area contributed by atoms with Crippen LogP contribution in [0.2, 0.25) is 0 Å². The second kappa shape index (κ2) is 10.8. The number of rotatable bonds is 3. The second-order valence-corrected chi connectivity index (χ2v) is 14.8. The number of nitrogens with zero attached hydrogens (tertiary/aromatic N) is 4. The maximum Gasteiger partial charge on any atom is 0.236 e. The zero-order valence-electron chi connectivity index (χ0n) is 28.4. The molecule has 4 heterocycles. The number of hydrogen-bond donors (Lipinski definition) is 0. The number of fused-ring (bicyclic) bond motifs is 13. The Morgan fingerprint density at radius 3 is 1.89 bits per heavy atom. The van der Waals surface area contributed by atoms with Crippen LogP contribution in [0.15, 0.2) is 170 Å². The molecule has 0 saturated carbocycles. The van der Waals surface area contributed by atoms with Gasteiger partial charge in [-0.15, -0.1) is 11.3 Å². The maximum atomic E-state index is 5.47. The minimum Gasteiger partial charge on any atom is -0.308 e. The zero-order valence-corrected chi connectivity index (χ0v) is 29.2. The van der Waals surface area contributed by atoms with Gasteiger partial charge >= 0.3 is 0 Å². The Kier molecular flexibility index (Phi) is 5.90. The molecule has 0 unspecified atom stereocenters. The van der Waals surface area contributed by atoms with Crippen LogP contribution >= 0.6 is 11.3 Å². The SMILES string of the molecule is c1ccc(-c2nc(-n3c4ccccc4c4c3ccc3c5ccccc5n(-c5cc6ccccc6c6ccccc56)c34)nc3sc4ccccc4c23)cc1. The average molecular weight is 693 g/mol. The lowest BCUT2D eigenvalue weighted by Gasteiger charge is -2.15. The van der Waals surface area contributed by atoms with Gasteiger partial charge in [-0.2, -0.15) is 0 Å². The summed E-state index contributed by atoms with van der Waals surface area (Å²) in [6, 6.07) is 61.2. The van der Waals surface area contributed by atoms with Crippen molar-refractivity contribution in [3.63, 3.8) is 0 Å². The first kappa shape index (κ1) is 28.8. The molecule has 246 valence electrons. The molecule has 12 rings (SSSR count). The standard InChI is InChI=1S/C48H28N4S/c1-2-14-29(15-3-1)45-44-37-22-10-13-25-42(37)53-47(44)50-48(49-45)52-39-24-12-9-21-36(39)43-40(52)27-26-35-34-20-8-11-23-38(34)51(46(35)43)41-28-30-16-4-5-17-31(30)32-18-6-7-19-33(32)41/h1-28H. The van der Waals surface area contributed by atoms with Gasteiger partial charge in [-0.3, -0.25) is 4.57 Å². The molecule has 0 radical (unpaired) electrons. The summed E-state index contributed by atoms with van der Waals surface area (Å²) in [4.78, 5) is 11.8. The first-order valence-corrected chi connectivity index (χ1v) is 18.7. The highest BCUT2D eigenvalue weighted by Crippen LogP contribution is 2.45. The summed E-state index contributed by atoms with van der Waals surface area (Å²) in [5.41, 5.74) is 7.72. The Balaban J connectivity index is 1.25. The van der Waals surface area contributed by atoms with E-state index in [-0.39, 0.29) is 0 Å². The third kappa shape index (κ3) is 4.00. The third-order valence-electron chi connectivity index (χ3n) is 10.9. The molecule has 0 aliphatic heterocycles. The van der Waals surface area contributed by atoms with E-state index < -0.39 is 0 Å². The van der Waals surface area contributed by atoms with E-state index in [4.69, 9.17) is 9.97 Å². The van der Waals surface area contributed by atoms with E-state index in [0.29, 0.717) is 5.95 Å². The molecule has 0 atom stereocenters. The van der Waals surface area contributed by atoms with Crippen LogP contribution in [0.5, 0.6) is 0 Å². The van der Waals surface area contributed by atoms with Gasteiger partial charge in [-0.05, 0) is 46.5 Å². The predicted octanol–water partition coefficient (Wildman–Crippen LogP) is 13.0. The number of benzene rings is 8. The maximum absolute atomic E-state index is 5.47. The first-order valence-electron chi connectivity index (χ1n) is 17.9. The summed E-state index contributed by atoms with van der Waals surface area (Å²) in [6.07, 6.45) is 0. The number of para-hydroxylation sites is 2. The van der Waals surface area contributed by atoms with Crippen LogP contribution in [0.3, 0.4) is 0 Å². The molecular formula is C48H28N4S. The highest BCUT2D eigenvalue weighted by atomic mass is 32.1. The highest BCUT2D eigenvalue weighted by molar-refractivity contribution is 7.25. The van der Waals surface area contributed by atoms with E-state index in [0.717, 1.165) is 32.5 Å². The van der Waals surface area contributed by atoms with Crippen molar-refractivity contribution in [2.75, 3.05) is 0 Å². The van der Waals surface area contributed by atoms with Crippen LogP contribution in [-0.4, -0.2) is 19.1 Å². The molecule has 0 aliphatic rings. The summed E-state index contributed by atoms with van der Waals surface area (Å²) < 4.78 is 5.99. The number of aromatic nitrogens is 4. The summed E-state index contributed by atoms with van der Waals surface area (Å²) in [7, 11) is 0. The first-order chi connectivity index (χ1) is 26.3. The molecule has 0 saturated heterocycles. The van der Waals surface area contributed by atoms with Crippen molar-refractivity contribution in [3.8, 4) is 22.9 Å². The monoisotopic (exact) mass is 692 g/mol. The van der Waals surface area contributed by atoms with Crippen molar-refractivity contribution >= 4 is 96.8 Å². The van der Waals surface area contributed by atoms with Gasteiger partial charge in [-0.1, -0.05) is 140 Å². The molecule has 8 aromatic carbocycles. The van der Waals surface area contributed by atoms with Crippen molar-refractivity contribution in [1.29, 1.82) is 0 Å². The van der Waals surface area contributed by atoms with E-state index in [9.17, 15) is 0 Å². The van der Waals surface area contributed by atoms with Gasteiger partial charge in [0.2, 0.25) is 5.95 Å². The quantitative estimate of drug-likeness (QED) is 0.173. The van der Waals surface area contributed by atoms with Gasteiger partial charge in [-0.25, -0.2) is 9.97 Å². The molecular weight excluding hydrogens is 665 g/mol. The third-order valence-corrected chi connectivity index (χ3v) is 12.0. The summed E-state index contributed by atoms with van der Waals surface area (Å²) in [5, 5.41) is 12.1. The minimum absolute atomic E-state index is 0.673. The molecule has 0 N–H and O–H groups in total. The molecule has 53 heavy (non-hydrogen) atoms. The molecule has 12 aromatic rings. The Morgan fingerprint density at radius 2 is 1.06 bits per heavy atom. The Labute approximate surface area is 307 Å². The topological polar surface area (TPSA) is 35.6 Å². The lowest BCUT2D eigenvalue weighted by Crippen LogP contribution is -2.02. The van der Waals surface area contributed by atoms with Crippen LogP contribution < -0.4 is 0 Å².